The lowest BCUT2D eigenvalue weighted by atomic mass is 9.93. The number of piperazine rings is 3. The first-order valence-electron chi connectivity index (χ1n) is 36.0. The van der Waals surface area contributed by atoms with Gasteiger partial charge in [-0.05, 0) is 103 Å². The number of allylic oxidation sites excluding steroid dienone is 3. The molecule has 6 aliphatic heterocycles. The first-order chi connectivity index (χ1) is 48.5. The van der Waals surface area contributed by atoms with Gasteiger partial charge in [-0.1, -0.05) is 153 Å². The highest BCUT2D eigenvalue weighted by Gasteiger charge is 2.54. The van der Waals surface area contributed by atoms with E-state index in [9.17, 15) is 14.4 Å². The van der Waals surface area contributed by atoms with Crippen molar-refractivity contribution in [2.45, 2.75) is 172 Å². The van der Waals surface area contributed by atoms with Crippen molar-refractivity contribution in [3.05, 3.63) is 177 Å². The van der Waals surface area contributed by atoms with Crippen LogP contribution in [0.15, 0.2) is 129 Å². The van der Waals surface area contributed by atoms with E-state index < -0.39 is 0 Å². The lowest BCUT2D eigenvalue weighted by Gasteiger charge is -2.39. The van der Waals surface area contributed by atoms with Gasteiger partial charge in [0.2, 0.25) is 17.7 Å². The van der Waals surface area contributed by atoms with Gasteiger partial charge in [0.1, 0.15) is 53.9 Å². The number of hydrogen-bond donors (Lipinski definition) is 6. The molecule has 0 spiro atoms. The number of halogens is 3. The van der Waals surface area contributed by atoms with E-state index in [4.69, 9.17) is 44.8 Å². The number of hydrogen-bond acceptors (Lipinski definition) is 18. The van der Waals surface area contributed by atoms with E-state index in [-0.39, 0.29) is 47.6 Å². The molecule has 24 heteroatoms. The Morgan fingerprint density at radius 2 is 0.752 bits per heavy atom. The minimum Gasteiger partial charge on any atom is -0.353 e. The number of rotatable bonds is 18. The summed E-state index contributed by atoms with van der Waals surface area (Å²) in [5, 5.41) is 22.4. The van der Waals surface area contributed by atoms with Gasteiger partial charge in [-0.25, -0.2) is 29.9 Å². The van der Waals surface area contributed by atoms with Gasteiger partial charge >= 0.3 is 0 Å². The molecule has 3 saturated heterocycles. The minimum atomic E-state index is -0.238. The van der Waals surface area contributed by atoms with Gasteiger partial charge in [-0.2, -0.15) is 0 Å². The van der Waals surface area contributed by atoms with Crippen LogP contribution in [0.3, 0.4) is 0 Å². The molecule has 0 unspecified atom stereocenters. The third-order valence-corrected chi connectivity index (χ3v) is 21.5. The average Bonchev–Trinajstić information content (AvgIpc) is 1.60. The first kappa shape index (κ1) is 72.9. The van der Waals surface area contributed by atoms with Gasteiger partial charge in [0, 0.05) is 139 Å². The fraction of sp³-hybridized carbons (Fsp3) is 0.494. The summed E-state index contributed by atoms with van der Waals surface area (Å²) in [6.45, 7) is 39.0. The molecule has 2 aliphatic carbocycles. The molecule has 3 aromatic heterocycles. The topological polar surface area (TPSA) is 220 Å². The standard InChI is InChI=1S/2C26H33ClN6O.C25H33ClN6O/c2*1-15(2)28-13-20(18-5-7-19(27)8-6-18)26(34)33-10-9-32(21-12-22(21)33)25-23-16(3)11-17(4)31-24(23)29-14-30-25;1-16(2)27-14-21(19-5-7-20(26)8-6-19)25(33)32-11-9-31(10-12-32)24-22-17(3)13-18(4)30-23(22)28-15-29-24/h2*5-8,14-16,20-22,28H,4,9-13H2,1-3H3,(H,29,30,31);5-8,15-17,21,27H,4,9-14H2,1-3H3,(H,28,29,30)/t16-,20-,21+,22-;16-,20-,21-,22+;17-,21-/m111/s1. The number of nitrogens with one attached hydrogen (secondary N) is 6. The molecule has 0 bridgehead atoms. The van der Waals surface area contributed by atoms with Crippen molar-refractivity contribution in [2.24, 2.45) is 0 Å². The fourth-order valence-electron chi connectivity index (χ4n) is 15.4. The Morgan fingerprint density at radius 3 is 1.09 bits per heavy atom. The van der Waals surface area contributed by atoms with Crippen molar-refractivity contribution in [3.63, 3.8) is 0 Å². The third-order valence-electron chi connectivity index (χ3n) is 20.7. The smallest absolute Gasteiger partial charge is 0.231 e. The quantitative estimate of drug-likeness (QED) is 0.0471. The van der Waals surface area contributed by atoms with Gasteiger partial charge in [0.25, 0.3) is 0 Å². The van der Waals surface area contributed by atoms with Gasteiger partial charge in [-0.15, -0.1) is 0 Å². The van der Waals surface area contributed by atoms with Crippen LogP contribution in [-0.4, -0.2) is 177 Å². The summed E-state index contributed by atoms with van der Waals surface area (Å²) in [5.74, 6) is 6.35. The highest BCUT2D eigenvalue weighted by Crippen LogP contribution is 2.48. The number of aromatic nitrogens is 6. The largest absolute Gasteiger partial charge is 0.353 e. The molecule has 5 fully saturated rings. The summed E-state index contributed by atoms with van der Waals surface area (Å²) in [5.41, 5.74) is 9.45. The van der Waals surface area contributed by atoms with Crippen LogP contribution < -0.4 is 46.6 Å². The van der Waals surface area contributed by atoms with E-state index in [1.165, 1.54) is 11.1 Å². The number of amides is 3. The Labute approximate surface area is 610 Å². The number of carbonyl (C=O) groups excluding carboxylic acids is 3. The van der Waals surface area contributed by atoms with Crippen LogP contribution in [0.25, 0.3) is 0 Å². The first-order valence-corrected chi connectivity index (χ1v) is 37.2. The van der Waals surface area contributed by atoms with Gasteiger partial charge in [0.15, 0.2) is 0 Å². The second-order valence-corrected chi connectivity index (χ2v) is 30.7. The Hall–Kier alpha value is -7.92. The van der Waals surface area contributed by atoms with E-state index >= 15 is 0 Å². The second-order valence-electron chi connectivity index (χ2n) is 29.4. The summed E-state index contributed by atoms with van der Waals surface area (Å²) in [4.78, 5) is 81.7. The van der Waals surface area contributed by atoms with Crippen LogP contribution in [-0.2, 0) is 14.4 Å². The van der Waals surface area contributed by atoms with Crippen molar-refractivity contribution in [2.75, 3.05) is 103 Å². The van der Waals surface area contributed by atoms with Gasteiger partial charge in [-0.3, -0.25) is 14.4 Å². The van der Waals surface area contributed by atoms with Crippen LogP contribution in [0, 0.1) is 0 Å². The van der Waals surface area contributed by atoms with Crippen LogP contribution in [0.2, 0.25) is 15.1 Å². The normalized spacial score (nSPS) is 22.7. The van der Waals surface area contributed by atoms with Gasteiger partial charge < -0.3 is 61.3 Å². The summed E-state index contributed by atoms with van der Waals surface area (Å²) in [6.07, 6.45) is 9.46. The van der Waals surface area contributed by atoms with Crippen LogP contribution in [0.1, 0.15) is 163 Å². The maximum absolute atomic E-state index is 13.8. The summed E-state index contributed by atoms with van der Waals surface area (Å²) < 4.78 is 0. The SMILES string of the molecule is C=C1C[C@@H](C)c2c(ncnc2N2CCN(C(=O)[C@H](CNC(C)C)c3ccc(Cl)cc3)CC2)N1.C=C1C[C@@H](C)c2c(ncnc2N2CCN(C(=O)[C@H](CNC(C)C)c3ccc(Cl)cc3)[C@@H]3C[C@@H]32)N1.C=C1C[C@@H](C)c2c(ncnc2N2CCN(C(=O)[C@H](CNC(C)C)c3ccc(Cl)cc3)[C@H]3C[C@H]32)N1. The van der Waals surface area contributed by atoms with Crippen molar-refractivity contribution in [3.8, 4) is 0 Å². The van der Waals surface area contributed by atoms with E-state index in [1.807, 2.05) is 77.7 Å². The number of carbonyl (C=O) groups is 3. The van der Waals surface area contributed by atoms with Gasteiger partial charge in [0.05, 0.1) is 41.9 Å². The molecule has 101 heavy (non-hydrogen) atoms. The zero-order valence-electron chi connectivity index (χ0n) is 59.8. The van der Waals surface area contributed by atoms with Crippen LogP contribution in [0.4, 0.5) is 34.9 Å². The number of anilines is 6. The van der Waals surface area contributed by atoms with E-state index in [2.05, 4.69) is 158 Å². The van der Waals surface area contributed by atoms with E-state index in [0.29, 0.717) is 109 Å². The Kier molecular flexibility index (Phi) is 22.9. The maximum Gasteiger partial charge on any atom is 0.231 e. The molecule has 8 aliphatic rings. The summed E-state index contributed by atoms with van der Waals surface area (Å²) >= 11 is 18.3. The Bertz CT molecular complexity index is 3810. The van der Waals surface area contributed by atoms with Crippen molar-refractivity contribution in [1.82, 2.24) is 60.6 Å². The van der Waals surface area contributed by atoms with E-state index in [0.717, 1.165) is 133 Å². The summed E-state index contributed by atoms with van der Waals surface area (Å²) in [7, 11) is 0. The number of benzene rings is 3. The predicted molar refractivity (Wildman–Crippen MR) is 407 cm³/mol. The number of fused-ring (bicyclic) bond motifs is 5. The zero-order valence-corrected chi connectivity index (χ0v) is 62.1. The maximum atomic E-state index is 13.8. The number of nitrogens with zero attached hydrogens (tertiary/aromatic N) is 12. The Morgan fingerprint density at radius 1 is 0.436 bits per heavy atom. The summed E-state index contributed by atoms with van der Waals surface area (Å²) in [6, 6.07) is 25.0. The lowest BCUT2D eigenvalue weighted by molar-refractivity contribution is -0.134. The molecule has 0 radical (unpaired) electrons. The molecular weight excluding hydrogens is 1330 g/mol. The predicted octanol–water partition coefficient (Wildman–Crippen LogP) is 12.3. The molecule has 10 atom stereocenters. The molecule has 6 N–H and O–H groups in total. The highest BCUT2D eigenvalue weighted by molar-refractivity contribution is 6.31. The molecule has 9 heterocycles. The fourth-order valence-corrected chi connectivity index (χ4v) is 15.8. The monoisotopic (exact) mass is 1430 g/mol. The second kappa shape index (κ2) is 31.8. The molecule has 3 aromatic carbocycles. The third kappa shape index (κ3) is 16.8. The molecule has 6 aromatic rings. The van der Waals surface area contributed by atoms with Crippen LogP contribution in [0.5, 0.6) is 0 Å². The van der Waals surface area contributed by atoms with E-state index in [1.54, 1.807) is 19.0 Å². The molecule has 14 rings (SSSR count). The van der Waals surface area contributed by atoms with Crippen molar-refractivity contribution < 1.29 is 14.4 Å². The molecule has 3 amide bonds. The minimum absolute atomic E-state index is 0.154. The van der Waals surface area contributed by atoms with Crippen molar-refractivity contribution in [1.29, 1.82) is 0 Å². The molecule has 2 saturated carbocycles. The molecule has 536 valence electrons. The molecule has 21 nitrogen and oxygen atoms in total. The zero-order chi connectivity index (χ0) is 71.5. The average molecular weight is 1430 g/mol. The lowest BCUT2D eigenvalue weighted by Crippen LogP contribution is -2.51. The molecular formula is C77H99Cl3N18O3. The van der Waals surface area contributed by atoms with Crippen LogP contribution >= 0.6 is 34.8 Å². The Balaban J connectivity index is 0.000000143. The van der Waals surface area contributed by atoms with Crippen molar-refractivity contribution >= 4 is 87.4 Å². The highest BCUT2D eigenvalue weighted by atomic mass is 35.5.